The first kappa shape index (κ1) is 16.7. The van der Waals surface area contributed by atoms with Gasteiger partial charge in [0.05, 0.1) is 21.6 Å². The van der Waals surface area contributed by atoms with Gasteiger partial charge in [-0.15, -0.1) is 11.3 Å². The van der Waals surface area contributed by atoms with E-state index in [-0.39, 0.29) is 24.2 Å². The maximum Gasteiger partial charge on any atom is 0.229 e. The standard InChI is InChI=1S/C20H19N3O2S/c24-19-10-15(12-23(19)9-8-14-4-2-1-3-5-14)20(25)22-16-6-7-18-17(11-16)21-13-26-18/h1-7,11,13,15H,8-10,12H2,(H,22,25). The average Bonchev–Trinajstić information content (AvgIpc) is 3.27. The highest BCUT2D eigenvalue weighted by atomic mass is 32.1. The molecule has 1 aliphatic heterocycles. The molecule has 2 amide bonds. The first-order valence-electron chi connectivity index (χ1n) is 8.65. The second-order valence-corrected chi connectivity index (χ2v) is 7.39. The molecule has 0 radical (unpaired) electrons. The molecule has 1 fully saturated rings. The third-order valence-electron chi connectivity index (χ3n) is 4.70. The fourth-order valence-corrected chi connectivity index (χ4v) is 3.91. The first-order valence-corrected chi connectivity index (χ1v) is 9.53. The lowest BCUT2D eigenvalue weighted by Crippen LogP contribution is -2.30. The van der Waals surface area contributed by atoms with E-state index in [1.807, 2.05) is 36.4 Å². The molecule has 1 aliphatic rings. The molecule has 26 heavy (non-hydrogen) atoms. The highest BCUT2D eigenvalue weighted by Crippen LogP contribution is 2.24. The number of nitrogens with one attached hydrogen (secondary N) is 1. The van der Waals surface area contributed by atoms with Crippen LogP contribution < -0.4 is 5.32 Å². The van der Waals surface area contributed by atoms with E-state index in [0.29, 0.717) is 13.1 Å². The van der Waals surface area contributed by atoms with Crippen molar-refractivity contribution < 1.29 is 9.59 Å². The van der Waals surface area contributed by atoms with Gasteiger partial charge in [0.2, 0.25) is 11.8 Å². The van der Waals surface area contributed by atoms with E-state index in [4.69, 9.17) is 0 Å². The SMILES string of the molecule is O=C(Nc1ccc2scnc2c1)C1CC(=O)N(CCc2ccccc2)C1. The molecule has 1 unspecified atom stereocenters. The van der Waals surface area contributed by atoms with Crippen molar-refractivity contribution in [3.05, 3.63) is 59.6 Å². The summed E-state index contributed by atoms with van der Waals surface area (Å²) in [5, 5.41) is 2.93. The fraction of sp³-hybridized carbons (Fsp3) is 0.250. The third kappa shape index (κ3) is 3.60. The van der Waals surface area contributed by atoms with Crippen LogP contribution in [0.15, 0.2) is 54.0 Å². The van der Waals surface area contributed by atoms with Gasteiger partial charge in [-0.05, 0) is 30.2 Å². The third-order valence-corrected chi connectivity index (χ3v) is 5.51. The van der Waals surface area contributed by atoms with Crippen LogP contribution in [0.4, 0.5) is 5.69 Å². The largest absolute Gasteiger partial charge is 0.342 e. The van der Waals surface area contributed by atoms with Crippen molar-refractivity contribution in [3.63, 3.8) is 0 Å². The summed E-state index contributed by atoms with van der Waals surface area (Å²) in [7, 11) is 0. The predicted molar refractivity (Wildman–Crippen MR) is 103 cm³/mol. The van der Waals surface area contributed by atoms with E-state index < -0.39 is 0 Å². The molecule has 0 saturated carbocycles. The molecule has 132 valence electrons. The first-order chi connectivity index (χ1) is 12.7. The summed E-state index contributed by atoms with van der Waals surface area (Å²) in [6.45, 7) is 1.13. The smallest absolute Gasteiger partial charge is 0.229 e. The van der Waals surface area contributed by atoms with Crippen molar-refractivity contribution in [2.45, 2.75) is 12.8 Å². The number of amides is 2. The van der Waals surface area contributed by atoms with E-state index in [2.05, 4.69) is 22.4 Å². The molecule has 0 bridgehead atoms. The van der Waals surface area contributed by atoms with Crippen LogP contribution in [-0.2, 0) is 16.0 Å². The van der Waals surface area contributed by atoms with E-state index >= 15 is 0 Å². The summed E-state index contributed by atoms with van der Waals surface area (Å²) in [5.41, 5.74) is 4.59. The Hall–Kier alpha value is -2.73. The molecule has 2 heterocycles. The van der Waals surface area contributed by atoms with Gasteiger partial charge < -0.3 is 10.2 Å². The molecule has 1 atom stereocenters. The quantitative estimate of drug-likeness (QED) is 0.754. The Morgan fingerprint density at radius 3 is 2.92 bits per heavy atom. The lowest BCUT2D eigenvalue weighted by Gasteiger charge is -2.16. The van der Waals surface area contributed by atoms with Gasteiger partial charge in [0.1, 0.15) is 0 Å². The highest BCUT2D eigenvalue weighted by molar-refractivity contribution is 7.16. The Morgan fingerprint density at radius 1 is 1.23 bits per heavy atom. The van der Waals surface area contributed by atoms with Gasteiger partial charge in [0.15, 0.2) is 0 Å². The average molecular weight is 365 g/mol. The predicted octanol–water partition coefficient (Wildman–Crippen LogP) is 3.33. The minimum absolute atomic E-state index is 0.0519. The number of likely N-dealkylation sites (tertiary alicyclic amines) is 1. The molecule has 1 N–H and O–H groups in total. The van der Waals surface area contributed by atoms with Gasteiger partial charge in [0, 0.05) is 25.2 Å². The zero-order valence-corrected chi connectivity index (χ0v) is 15.0. The highest BCUT2D eigenvalue weighted by Gasteiger charge is 2.34. The molecule has 5 nitrogen and oxygen atoms in total. The molecule has 4 rings (SSSR count). The number of aromatic nitrogens is 1. The maximum absolute atomic E-state index is 12.5. The molecule has 1 saturated heterocycles. The van der Waals surface area contributed by atoms with Crippen molar-refractivity contribution in [3.8, 4) is 0 Å². The summed E-state index contributed by atoms with van der Waals surface area (Å²) in [4.78, 5) is 30.8. The summed E-state index contributed by atoms with van der Waals surface area (Å²) >= 11 is 1.57. The number of rotatable bonds is 5. The summed E-state index contributed by atoms with van der Waals surface area (Å²) < 4.78 is 1.09. The second kappa shape index (κ2) is 7.25. The Morgan fingerprint density at radius 2 is 2.08 bits per heavy atom. The van der Waals surface area contributed by atoms with Crippen LogP contribution in [0.2, 0.25) is 0 Å². The Kier molecular flexibility index (Phi) is 4.67. The number of thiazole rings is 1. The van der Waals surface area contributed by atoms with E-state index in [1.54, 1.807) is 21.7 Å². The lowest BCUT2D eigenvalue weighted by atomic mass is 10.1. The van der Waals surface area contributed by atoms with E-state index in [1.165, 1.54) is 5.56 Å². The molecular formula is C20H19N3O2S. The number of anilines is 1. The molecule has 0 spiro atoms. The van der Waals surface area contributed by atoms with Gasteiger partial charge in [-0.1, -0.05) is 30.3 Å². The Bertz CT molecular complexity index is 938. The number of hydrogen-bond donors (Lipinski definition) is 1. The molecule has 3 aromatic rings. The van der Waals surface area contributed by atoms with Crippen molar-refractivity contribution >= 4 is 39.1 Å². The van der Waals surface area contributed by atoms with Crippen LogP contribution in [0.1, 0.15) is 12.0 Å². The van der Waals surface area contributed by atoms with Gasteiger partial charge in [0.25, 0.3) is 0 Å². The number of carbonyl (C=O) groups is 2. The zero-order valence-electron chi connectivity index (χ0n) is 14.2. The number of benzene rings is 2. The number of carbonyl (C=O) groups excluding carboxylic acids is 2. The summed E-state index contributed by atoms with van der Waals surface area (Å²) in [6.07, 6.45) is 1.08. The van der Waals surface area contributed by atoms with Crippen LogP contribution in [0.25, 0.3) is 10.2 Å². The van der Waals surface area contributed by atoms with Crippen LogP contribution in [0.3, 0.4) is 0 Å². The van der Waals surface area contributed by atoms with Gasteiger partial charge in [-0.3, -0.25) is 9.59 Å². The van der Waals surface area contributed by atoms with E-state index in [0.717, 1.165) is 22.3 Å². The van der Waals surface area contributed by atoms with Crippen LogP contribution in [0.5, 0.6) is 0 Å². The van der Waals surface area contributed by atoms with Crippen LogP contribution >= 0.6 is 11.3 Å². The van der Waals surface area contributed by atoms with Crippen molar-refractivity contribution in [1.29, 1.82) is 0 Å². The molecular weight excluding hydrogens is 346 g/mol. The van der Waals surface area contributed by atoms with E-state index in [9.17, 15) is 9.59 Å². The molecule has 1 aromatic heterocycles. The lowest BCUT2D eigenvalue weighted by molar-refractivity contribution is -0.128. The van der Waals surface area contributed by atoms with Crippen LogP contribution in [0, 0.1) is 5.92 Å². The number of fused-ring (bicyclic) bond motifs is 1. The number of nitrogens with zero attached hydrogens (tertiary/aromatic N) is 2. The van der Waals surface area contributed by atoms with Gasteiger partial charge in [-0.2, -0.15) is 0 Å². The Balaban J connectivity index is 1.35. The monoisotopic (exact) mass is 365 g/mol. The molecule has 0 aliphatic carbocycles. The van der Waals surface area contributed by atoms with Crippen molar-refractivity contribution in [1.82, 2.24) is 9.88 Å². The van der Waals surface area contributed by atoms with Gasteiger partial charge in [-0.25, -0.2) is 4.98 Å². The minimum Gasteiger partial charge on any atom is -0.342 e. The summed E-state index contributed by atoms with van der Waals surface area (Å²) in [5.74, 6) is -0.351. The summed E-state index contributed by atoms with van der Waals surface area (Å²) in [6, 6.07) is 15.8. The maximum atomic E-state index is 12.5. The molecule has 2 aromatic carbocycles. The van der Waals surface area contributed by atoms with Crippen LogP contribution in [-0.4, -0.2) is 34.8 Å². The topological polar surface area (TPSA) is 62.3 Å². The fourth-order valence-electron chi connectivity index (χ4n) is 3.25. The number of hydrogen-bond acceptors (Lipinski definition) is 4. The Labute approximate surface area is 155 Å². The molecule has 6 heteroatoms. The minimum atomic E-state index is -0.301. The van der Waals surface area contributed by atoms with Crippen molar-refractivity contribution in [2.75, 3.05) is 18.4 Å². The van der Waals surface area contributed by atoms with Crippen molar-refractivity contribution in [2.24, 2.45) is 5.92 Å². The second-order valence-electron chi connectivity index (χ2n) is 6.50. The normalized spacial score (nSPS) is 17.0. The zero-order chi connectivity index (χ0) is 17.9. The van der Waals surface area contributed by atoms with Gasteiger partial charge >= 0.3 is 0 Å².